The van der Waals surface area contributed by atoms with Crippen molar-refractivity contribution < 1.29 is 14.7 Å². The van der Waals surface area contributed by atoms with Crippen molar-refractivity contribution in [2.75, 3.05) is 0 Å². The number of carboxylic acids is 1. The van der Waals surface area contributed by atoms with Crippen molar-refractivity contribution in [3.05, 3.63) is 12.2 Å². The molecule has 0 bridgehead atoms. The lowest BCUT2D eigenvalue weighted by Crippen LogP contribution is -2.26. The SMILES string of the molecule is CC1(C)C(/C=C/C=O)C1C(=O)[O-]. The van der Waals surface area contributed by atoms with Gasteiger partial charge in [-0.3, -0.25) is 4.79 Å². The van der Waals surface area contributed by atoms with Crippen LogP contribution >= 0.6 is 0 Å². The van der Waals surface area contributed by atoms with Gasteiger partial charge in [-0.2, -0.15) is 0 Å². The molecule has 12 heavy (non-hydrogen) atoms. The van der Waals surface area contributed by atoms with Gasteiger partial charge in [0.2, 0.25) is 0 Å². The van der Waals surface area contributed by atoms with E-state index >= 15 is 0 Å². The fourth-order valence-electron chi connectivity index (χ4n) is 1.65. The summed E-state index contributed by atoms with van der Waals surface area (Å²) in [5, 5.41) is 10.5. The van der Waals surface area contributed by atoms with Crippen LogP contribution in [0.5, 0.6) is 0 Å². The monoisotopic (exact) mass is 167 g/mol. The summed E-state index contributed by atoms with van der Waals surface area (Å²) in [7, 11) is 0. The molecule has 0 aromatic carbocycles. The van der Waals surface area contributed by atoms with Crippen molar-refractivity contribution >= 4 is 12.3 Å². The fraction of sp³-hybridized carbons (Fsp3) is 0.556. The minimum atomic E-state index is -1.03. The first-order valence-corrected chi connectivity index (χ1v) is 3.84. The van der Waals surface area contributed by atoms with Crippen molar-refractivity contribution in [3.63, 3.8) is 0 Å². The second-order valence-corrected chi connectivity index (χ2v) is 3.66. The summed E-state index contributed by atoms with van der Waals surface area (Å²) in [6.07, 6.45) is 3.63. The van der Waals surface area contributed by atoms with Crippen LogP contribution in [0.4, 0.5) is 0 Å². The smallest absolute Gasteiger partial charge is 0.142 e. The van der Waals surface area contributed by atoms with Crippen LogP contribution in [0, 0.1) is 17.3 Å². The van der Waals surface area contributed by atoms with Gasteiger partial charge in [0.1, 0.15) is 6.29 Å². The summed E-state index contributed by atoms with van der Waals surface area (Å²) in [5.74, 6) is -1.51. The number of hydrogen-bond donors (Lipinski definition) is 0. The second kappa shape index (κ2) is 2.73. The standard InChI is InChI=1S/C9H12O3/c1-9(2)6(4-3-5-10)7(9)8(11)12/h3-7H,1-2H3,(H,11,12)/p-1/b4-3+. The molecule has 2 atom stereocenters. The molecular formula is C9H11O3-. The molecule has 0 amide bonds. The third-order valence-corrected chi connectivity index (χ3v) is 2.56. The van der Waals surface area contributed by atoms with Gasteiger partial charge in [-0.1, -0.05) is 19.9 Å². The number of aldehydes is 1. The first kappa shape index (κ1) is 8.97. The molecule has 1 rings (SSSR count). The third kappa shape index (κ3) is 1.26. The van der Waals surface area contributed by atoms with Gasteiger partial charge < -0.3 is 9.90 Å². The van der Waals surface area contributed by atoms with E-state index in [1.807, 2.05) is 13.8 Å². The Balaban J connectivity index is 2.66. The second-order valence-electron chi connectivity index (χ2n) is 3.66. The van der Waals surface area contributed by atoms with Crippen molar-refractivity contribution in [2.24, 2.45) is 17.3 Å². The average Bonchev–Trinajstić information content (AvgIpc) is 2.49. The Morgan fingerprint density at radius 1 is 1.50 bits per heavy atom. The molecular weight excluding hydrogens is 156 g/mol. The van der Waals surface area contributed by atoms with Crippen molar-refractivity contribution in [1.82, 2.24) is 0 Å². The highest BCUT2D eigenvalue weighted by molar-refractivity contribution is 5.75. The Morgan fingerprint density at radius 2 is 2.08 bits per heavy atom. The fourth-order valence-corrected chi connectivity index (χ4v) is 1.65. The van der Waals surface area contributed by atoms with Crippen LogP contribution < -0.4 is 5.11 Å². The quantitative estimate of drug-likeness (QED) is 0.430. The molecule has 0 aliphatic heterocycles. The van der Waals surface area contributed by atoms with Gasteiger partial charge in [0, 0.05) is 11.9 Å². The van der Waals surface area contributed by atoms with Crippen LogP contribution in [0.25, 0.3) is 0 Å². The maximum Gasteiger partial charge on any atom is 0.142 e. The number of carbonyl (C=O) groups excluding carboxylic acids is 2. The lowest BCUT2D eigenvalue weighted by molar-refractivity contribution is -0.309. The van der Waals surface area contributed by atoms with E-state index in [4.69, 9.17) is 0 Å². The van der Waals surface area contributed by atoms with E-state index in [-0.39, 0.29) is 11.3 Å². The Hall–Kier alpha value is -1.12. The summed E-state index contributed by atoms with van der Waals surface area (Å²) in [6.45, 7) is 3.71. The van der Waals surface area contributed by atoms with E-state index in [0.29, 0.717) is 6.29 Å². The number of hydrogen-bond acceptors (Lipinski definition) is 3. The van der Waals surface area contributed by atoms with Crippen LogP contribution in [-0.2, 0) is 9.59 Å². The highest BCUT2D eigenvalue weighted by atomic mass is 16.4. The first-order chi connectivity index (χ1) is 5.51. The zero-order chi connectivity index (χ0) is 9.35. The lowest BCUT2D eigenvalue weighted by atomic mass is 10.1. The molecule has 0 N–H and O–H groups in total. The molecule has 1 saturated carbocycles. The Labute approximate surface area is 71.1 Å². The van der Waals surface area contributed by atoms with Gasteiger partial charge in [-0.05, 0) is 17.4 Å². The molecule has 0 spiro atoms. The summed E-state index contributed by atoms with van der Waals surface area (Å²) in [4.78, 5) is 20.5. The van der Waals surface area contributed by atoms with Crippen LogP contribution in [0.1, 0.15) is 13.8 Å². The molecule has 2 unspecified atom stereocenters. The lowest BCUT2D eigenvalue weighted by Gasteiger charge is -2.01. The van der Waals surface area contributed by atoms with Gasteiger partial charge in [0.15, 0.2) is 0 Å². The summed E-state index contributed by atoms with van der Waals surface area (Å²) in [6, 6.07) is 0. The number of rotatable bonds is 3. The summed E-state index contributed by atoms with van der Waals surface area (Å²) in [5.41, 5.74) is -0.252. The zero-order valence-electron chi connectivity index (χ0n) is 7.11. The Bertz CT molecular complexity index is 240. The van der Waals surface area contributed by atoms with Gasteiger partial charge in [0.05, 0.1) is 0 Å². The zero-order valence-corrected chi connectivity index (χ0v) is 7.11. The van der Waals surface area contributed by atoms with Crippen molar-refractivity contribution in [3.8, 4) is 0 Å². The van der Waals surface area contributed by atoms with E-state index in [1.54, 1.807) is 6.08 Å². The normalized spacial score (nSPS) is 31.8. The number of allylic oxidation sites excluding steroid dienone is 2. The van der Waals surface area contributed by atoms with Crippen LogP contribution in [0.2, 0.25) is 0 Å². The molecule has 0 saturated heterocycles. The van der Waals surface area contributed by atoms with Crippen LogP contribution in [0.3, 0.4) is 0 Å². The predicted molar refractivity (Wildman–Crippen MR) is 41.0 cm³/mol. The molecule has 0 aromatic heterocycles. The molecule has 0 radical (unpaired) electrons. The van der Waals surface area contributed by atoms with E-state index in [2.05, 4.69) is 0 Å². The Morgan fingerprint density at radius 3 is 2.42 bits per heavy atom. The minimum Gasteiger partial charge on any atom is -0.550 e. The maximum absolute atomic E-state index is 10.5. The molecule has 0 heterocycles. The Kier molecular flexibility index (Phi) is 2.04. The maximum atomic E-state index is 10.5. The molecule has 1 fully saturated rings. The highest BCUT2D eigenvalue weighted by Crippen LogP contribution is 2.58. The average molecular weight is 167 g/mol. The summed E-state index contributed by atoms with van der Waals surface area (Å²) >= 11 is 0. The molecule has 1 aliphatic carbocycles. The van der Waals surface area contributed by atoms with Gasteiger partial charge >= 0.3 is 0 Å². The van der Waals surface area contributed by atoms with E-state index in [9.17, 15) is 14.7 Å². The molecule has 1 aliphatic rings. The summed E-state index contributed by atoms with van der Waals surface area (Å²) < 4.78 is 0. The largest absolute Gasteiger partial charge is 0.550 e. The topological polar surface area (TPSA) is 57.2 Å². The number of carbonyl (C=O) groups is 2. The number of aliphatic carboxylic acids is 1. The van der Waals surface area contributed by atoms with Crippen molar-refractivity contribution in [2.45, 2.75) is 13.8 Å². The predicted octanol–water partition coefficient (Wildman–Crippen LogP) is -0.236. The highest BCUT2D eigenvalue weighted by Gasteiger charge is 2.56. The molecule has 3 heteroatoms. The minimum absolute atomic E-state index is 0.0484. The molecule has 0 aromatic rings. The molecule has 3 nitrogen and oxygen atoms in total. The van der Waals surface area contributed by atoms with E-state index < -0.39 is 11.9 Å². The van der Waals surface area contributed by atoms with Gasteiger partial charge in [-0.15, -0.1) is 0 Å². The van der Waals surface area contributed by atoms with Crippen molar-refractivity contribution in [1.29, 1.82) is 0 Å². The van der Waals surface area contributed by atoms with Crippen LogP contribution in [0.15, 0.2) is 12.2 Å². The van der Waals surface area contributed by atoms with E-state index in [0.717, 1.165) is 0 Å². The third-order valence-electron chi connectivity index (χ3n) is 2.56. The van der Waals surface area contributed by atoms with Gasteiger partial charge in [-0.25, -0.2) is 0 Å². The molecule has 66 valence electrons. The number of carboxylic acid groups (broad SMARTS) is 1. The van der Waals surface area contributed by atoms with Crippen LogP contribution in [-0.4, -0.2) is 12.3 Å². The van der Waals surface area contributed by atoms with E-state index in [1.165, 1.54) is 6.08 Å². The van der Waals surface area contributed by atoms with Gasteiger partial charge in [0.25, 0.3) is 0 Å². The first-order valence-electron chi connectivity index (χ1n) is 3.84.